The molecule has 1 amide bonds. The summed E-state index contributed by atoms with van der Waals surface area (Å²) in [5.74, 6) is 2.54. The smallest absolute Gasteiger partial charge is 0.236 e. The van der Waals surface area contributed by atoms with Crippen LogP contribution in [0, 0.1) is 5.92 Å². The van der Waals surface area contributed by atoms with Crippen LogP contribution >= 0.6 is 0 Å². The van der Waals surface area contributed by atoms with Crippen molar-refractivity contribution in [3.63, 3.8) is 0 Å². The average Bonchev–Trinajstić information content (AvgIpc) is 3.40. The van der Waals surface area contributed by atoms with Gasteiger partial charge in [-0.2, -0.15) is 0 Å². The van der Waals surface area contributed by atoms with Gasteiger partial charge in [-0.3, -0.25) is 9.69 Å². The number of aromatic nitrogens is 2. The molecule has 0 unspecified atom stereocenters. The van der Waals surface area contributed by atoms with Crippen LogP contribution in [-0.2, 0) is 16.0 Å². The van der Waals surface area contributed by atoms with Gasteiger partial charge in [0.2, 0.25) is 5.91 Å². The number of ether oxygens (including phenoxy) is 1. The second-order valence-corrected chi connectivity index (χ2v) is 11.1. The summed E-state index contributed by atoms with van der Waals surface area (Å²) in [6.45, 7) is 17.9. The summed E-state index contributed by atoms with van der Waals surface area (Å²) in [7, 11) is 4.21. The Bertz CT molecular complexity index is 895. The second-order valence-electron chi connectivity index (χ2n) is 11.1. The van der Waals surface area contributed by atoms with Crippen LogP contribution in [-0.4, -0.2) is 90.0 Å². The maximum atomic E-state index is 13.2. The molecule has 40 heavy (non-hydrogen) atoms. The van der Waals surface area contributed by atoms with E-state index in [1.54, 1.807) is 12.4 Å². The fourth-order valence-corrected chi connectivity index (χ4v) is 4.38. The van der Waals surface area contributed by atoms with E-state index >= 15 is 0 Å². The minimum absolute atomic E-state index is 0.271. The Kier molecular flexibility index (Phi) is 18.9. The van der Waals surface area contributed by atoms with Crippen molar-refractivity contribution in [3.05, 3.63) is 59.9 Å². The van der Waals surface area contributed by atoms with Gasteiger partial charge in [0.25, 0.3) is 0 Å². The van der Waals surface area contributed by atoms with Gasteiger partial charge in [-0.15, -0.1) is 0 Å². The van der Waals surface area contributed by atoms with E-state index in [1.165, 1.54) is 5.57 Å². The lowest BCUT2D eigenvalue weighted by atomic mass is 10.1. The molecule has 0 spiro atoms. The van der Waals surface area contributed by atoms with E-state index in [2.05, 4.69) is 97.7 Å². The molecule has 7 heteroatoms. The van der Waals surface area contributed by atoms with Crippen LogP contribution < -0.4 is 0 Å². The van der Waals surface area contributed by atoms with E-state index in [-0.39, 0.29) is 5.91 Å². The van der Waals surface area contributed by atoms with Gasteiger partial charge in [0.15, 0.2) is 0 Å². The van der Waals surface area contributed by atoms with Crippen LogP contribution in [0.2, 0.25) is 0 Å². The van der Waals surface area contributed by atoms with E-state index in [4.69, 9.17) is 4.74 Å². The maximum absolute atomic E-state index is 13.2. The first-order chi connectivity index (χ1) is 19.2. The summed E-state index contributed by atoms with van der Waals surface area (Å²) >= 11 is 0. The largest absolute Gasteiger partial charge is 0.493 e. The van der Waals surface area contributed by atoms with Crippen LogP contribution in [0.4, 0.5) is 0 Å². The van der Waals surface area contributed by atoms with Crippen LogP contribution in [0.3, 0.4) is 0 Å². The molecular formula is C33H57N5O2. The van der Waals surface area contributed by atoms with Crippen molar-refractivity contribution in [2.24, 2.45) is 5.92 Å². The van der Waals surface area contributed by atoms with Crippen molar-refractivity contribution >= 4 is 5.91 Å². The van der Waals surface area contributed by atoms with Crippen molar-refractivity contribution < 1.29 is 9.53 Å². The molecule has 1 aliphatic heterocycles. The number of carbonyl (C=O) groups excluding carboxylic acids is 1. The van der Waals surface area contributed by atoms with Crippen molar-refractivity contribution in [2.45, 2.75) is 86.1 Å². The maximum Gasteiger partial charge on any atom is 0.236 e. The van der Waals surface area contributed by atoms with E-state index in [0.717, 1.165) is 82.9 Å². The van der Waals surface area contributed by atoms with E-state index in [0.29, 0.717) is 18.5 Å². The van der Waals surface area contributed by atoms with Gasteiger partial charge >= 0.3 is 0 Å². The fraction of sp³-hybridized carbons (Fsp3) is 0.667. The zero-order valence-electron chi connectivity index (χ0n) is 26.7. The number of hydrogen-bond donors (Lipinski definition) is 0. The summed E-state index contributed by atoms with van der Waals surface area (Å²) < 4.78 is 5.70. The second kappa shape index (κ2) is 21.3. The molecule has 0 N–H and O–H groups in total. The fourth-order valence-electron chi connectivity index (χ4n) is 4.38. The third kappa shape index (κ3) is 15.3. The normalized spacial score (nSPS) is 16.2. The van der Waals surface area contributed by atoms with Crippen molar-refractivity contribution in [1.29, 1.82) is 0 Å². The number of allylic oxidation sites excluding steroid dienone is 4. The monoisotopic (exact) mass is 555 g/mol. The third-order valence-electron chi connectivity index (χ3n) is 6.93. The molecule has 0 bridgehead atoms. The molecule has 0 saturated carbocycles. The molecule has 1 aliphatic rings. The predicted octanol–water partition coefficient (Wildman–Crippen LogP) is 6.15. The Morgan fingerprint density at radius 2 is 1.73 bits per heavy atom. The Morgan fingerprint density at radius 1 is 1.05 bits per heavy atom. The summed E-state index contributed by atoms with van der Waals surface area (Å²) in [5, 5.41) is 0. The SMILES string of the molecule is C/C=C1/CCO/C1=C/C=C/[C@H](C)CN(CC(=O)N(CCCC)CCCCN(C)C)C(C)C.CCc1ncccn1. The lowest BCUT2D eigenvalue weighted by Crippen LogP contribution is -2.45. The van der Waals surface area contributed by atoms with Crippen molar-refractivity contribution in [1.82, 2.24) is 24.7 Å². The Labute approximate surface area is 245 Å². The first-order valence-corrected chi connectivity index (χ1v) is 15.3. The number of hydrogen-bond acceptors (Lipinski definition) is 6. The zero-order chi connectivity index (χ0) is 29.8. The van der Waals surface area contributed by atoms with E-state index in [9.17, 15) is 4.79 Å². The molecular weight excluding hydrogens is 498 g/mol. The number of unbranched alkanes of at least 4 members (excludes halogenated alkanes) is 2. The van der Waals surface area contributed by atoms with Gasteiger partial charge in [-0.05, 0) is 84.3 Å². The molecule has 1 saturated heterocycles. The Balaban J connectivity index is 0.000000850. The van der Waals surface area contributed by atoms with Gasteiger partial charge in [0.05, 0.1) is 13.2 Å². The number of rotatable bonds is 16. The average molecular weight is 556 g/mol. The summed E-state index contributed by atoms with van der Waals surface area (Å²) in [5.41, 5.74) is 1.29. The van der Waals surface area contributed by atoms with Crippen LogP contribution in [0.15, 0.2) is 54.1 Å². The lowest BCUT2D eigenvalue weighted by Gasteiger charge is -2.31. The third-order valence-corrected chi connectivity index (χ3v) is 6.93. The highest BCUT2D eigenvalue weighted by Crippen LogP contribution is 2.23. The van der Waals surface area contributed by atoms with E-state index in [1.807, 2.05) is 13.0 Å². The molecule has 1 aromatic heterocycles. The molecule has 0 radical (unpaired) electrons. The van der Waals surface area contributed by atoms with Crippen LogP contribution in [0.1, 0.15) is 79.5 Å². The zero-order valence-corrected chi connectivity index (χ0v) is 26.7. The topological polar surface area (TPSA) is 61.8 Å². The molecule has 1 fully saturated rings. The highest BCUT2D eigenvalue weighted by Gasteiger charge is 2.20. The number of amides is 1. The number of carbonyl (C=O) groups is 1. The van der Waals surface area contributed by atoms with Gasteiger partial charge < -0.3 is 14.5 Å². The predicted molar refractivity (Wildman–Crippen MR) is 168 cm³/mol. The Hall–Kier alpha value is -2.51. The number of aryl methyl sites for hydroxylation is 1. The highest BCUT2D eigenvalue weighted by molar-refractivity contribution is 5.78. The van der Waals surface area contributed by atoms with Crippen LogP contribution in [0.25, 0.3) is 0 Å². The molecule has 7 nitrogen and oxygen atoms in total. The first kappa shape index (κ1) is 35.5. The summed E-state index contributed by atoms with van der Waals surface area (Å²) in [6.07, 6.45) is 18.3. The molecule has 1 atom stereocenters. The molecule has 2 heterocycles. The summed E-state index contributed by atoms with van der Waals surface area (Å²) in [6, 6.07) is 2.15. The van der Waals surface area contributed by atoms with Crippen molar-refractivity contribution in [3.8, 4) is 0 Å². The molecule has 0 aromatic carbocycles. The van der Waals surface area contributed by atoms with Crippen molar-refractivity contribution in [2.75, 3.05) is 53.4 Å². The summed E-state index contributed by atoms with van der Waals surface area (Å²) in [4.78, 5) is 27.7. The minimum Gasteiger partial charge on any atom is -0.493 e. The first-order valence-electron chi connectivity index (χ1n) is 15.3. The van der Waals surface area contributed by atoms with Gasteiger partial charge in [0.1, 0.15) is 11.6 Å². The number of nitrogens with zero attached hydrogens (tertiary/aromatic N) is 5. The van der Waals surface area contributed by atoms with E-state index < -0.39 is 0 Å². The van der Waals surface area contributed by atoms with Gasteiger partial charge in [0, 0.05) is 50.9 Å². The highest BCUT2D eigenvalue weighted by atomic mass is 16.5. The molecule has 0 aliphatic carbocycles. The standard InChI is InChI=1S/C27H49N3O2.C6H8N2/c1-8-10-18-29(19-12-11-17-28(6)7)27(31)22-30(23(3)4)21-24(5)14-13-15-26-25(9-2)16-20-32-26;1-2-6-7-4-3-5-8-6/h9,13-15,23-24H,8,10-12,16-22H2,1-7H3;3-5H,2H2,1H3/b14-13+,25-9-,26-15+;/t24-;/m0./s1. The Morgan fingerprint density at radius 3 is 2.30 bits per heavy atom. The van der Waals surface area contributed by atoms with Gasteiger partial charge in [-0.25, -0.2) is 9.97 Å². The molecule has 226 valence electrons. The lowest BCUT2D eigenvalue weighted by molar-refractivity contribution is -0.133. The minimum atomic E-state index is 0.271. The molecule has 1 aromatic rings. The molecule has 2 rings (SSSR count). The van der Waals surface area contributed by atoms with Crippen LogP contribution in [0.5, 0.6) is 0 Å². The van der Waals surface area contributed by atoms with Gasteiger partial charge in [-0.1, -0.05) is 45.4 Å². The quantitative estimate of drug-likeness (QED) is 0.228.